The molecule has 0 N–H and O–H groups in total. The molecule has 0 amide bonds. The van der Waals surface area contributed by atoms with Gasteiger partial charge in [-0.25, -0.2) is 4.39 Å². The predicted molar refractivity (Wildman–Crippen MR) is 74.5 cm³/mol. The predicted octanol–water partition coefficient (Wildman–Crippen LogP) is 5.69. The number of alkyl halides is 1. The average molecular weight is 334 g/mol. The van der Waals surface area contributed by atoms with Crippen molar-refractivity contribution in [1.29, 1.82) is 0 Å². The molecule has 0 aliphatic rings. The van der Waals surface area contributed by atoms with Gasteiger partial charge in [-0.3, -0.25) is 0 Å². The molecular formula is C13H8BrCl2F. The number of hydrogen-bond donors (Lipinski definition) is 0. The molecule has 0 nitrogen and oxygen atoms in total. The molecule has 0 saturated carbocycles. The summed E-state index contributed by atoms with van der Waals surface area (Å²) in [4.78, 5) is 0. The van der Waals surface area contributed by atoms with Crippen LogP contribution in [0, 0.1) is 5.82 Å². The van der Waals surface area contributed by atoms with Crippen molar-refractivity contribution >= 4 is 39.1 Å². The molecule has 17 heavy (non-hydrogen) atoms. The van der Waals surface area contributed by atoms with Gasteiger partial charge in [0.2, 0.25) is 0 Å². The van der Waals surface area contributed by atoms with E-state index in [4.69, 9.17) is 23.2 Å². The first-order valence-electron chi connectivity index (χ1n) is 4.91. The van der Waals surface area contributed by atoms with Gasteiger partial charge in [0.1, 0.15) is 5.82 Å². The number of rotatable bonds is 2. The molecule has 0 spiro atoms. The van der Waals surface area contributed by atoms with Crippen molar-refractivity contribution in [3.63, 3.8) is 0 Å². The van der Waals surface area contributed by atoms with Crippen molar-refractivity contribution in [3.8, 4) is 11.1 Å². The van der Waals surface area contributed by atoms with Gasteiger partial charge in [-0.2, -0.15) is 0 Å². The van der Waals surface area contributed by atoms with Gasteiger partial charge in [-0.15, -0.1) is 0 Å². The highest BCUT2D eigenvalue weighted by atomic mass is 79.9. The summed E-state index contributed by atoms with van der Waals surface area (Å²) in [6.45, 7) is 0. The Labute approximate surface area is 117 Å². The van der Waals surface area contributed by atoms with E-state index >= 15 is 0 Å². The highest BCUT2D eigenvalue weighted by molar-refractivity contribution is 9.08. The largest absolute Gasteiger partial charge is 0.207 e. The van der Waals surface area contributed by atoms with E-state index in [-0.39, 0.29) is 5.82 Å². The first-order valence-corrected chi connectivity index (χ1v) is 6.79. The van der Waals surface area contributed by atoms with Crippen LogP contribution >= 0.6 is 39.1 Å². The Balaban J connectivity index is 2.61. The summed E-state index contributed by atoms with van der Waals surface area (Å²) in [6.07, 6.45) is 0. The second kappa shape index (κ2) is 5.38. The number of benzene rings is 2. The standard InChI is InChI=1S/C13H8BrCl2F/c14-7-12-11(5-9(15)6-13(12)16)8-1-3-10(17)4-2-8/h1-6H,7H2. The maximum atomic E-state index is 12.9. The fraction of sp³-hybridized carbons (Fsp3) is 0.0769. The van der Waals surface area contributed by atoms with Crippen LogP contribution in [-0.4, -0.2) is 0 Å². The van der Waals surface area contributed by atoms with E-state index in [1.54, 1.807) is 18.2 Å². The van der Waals surface area contributed by atoms with E-state index in [2.05, 4.69) is 15.9 Å². The molecule has 0 atom stereocenters. The van der Waals surface area contributed by atoms with Crippen LogP contribution in [0.25, 0.3) is 11.1 Å². The van der Waals surface area contributed by atoms with E-state index < -0.39 is 0 Å². The van der Waals surface area contributed by atoms with Crippen LogP contribution in [0.15, 0.2) is 36.4 Å². The maximum absolute atomic E-state index is 12.9. The Hall–Kier alpha value is -0.570. The first kappa shape index (κ1) is 12.9. The lowest BCUT2D eigenvalue weighted by atomic mass is 10.0. The summed E-state index contributed by atoms with van der Waals surface area (Å²) in [5.41, 5.74) is 2.76. The summed E-state index contributed by atoms with van der Waals surface area (Å²) in [5, 5.41) is 1.79. The van der Waals surface area contributed by atoms with E-state index in [9.17, 15) is 4.39 Å². The van der Waals surface area contributed by atoms with Crippen molar-refractivity contribution in [2.24, 2.45) is 0 Å². The molecule has 88 valence electrons. The molecule has 0 radical (unpaired) electrons. The Kier molecular flexibility index (Phi) is 4.08. The van der Waals surface area contributed by atoms with Crippen molar-refractivity contribution in [2.45, 2.75) is 5.33 Å². The van der Waals surface area contributed by atoms with Crippen LogP contribution in [0.2, 0.25) is 10.0 Å². The van der Waals surface area contributed by atoms with Crippen LogP contribution in [0.4, 0.5) is 4.39 Å². The summed E-state index contributed by atoms with van der Waals surface area (Å²) < 4.78 is 12.9. The average Bonchev–Trinajstić information content (AvgIpc) is 2.29. The van der Waals surface area contributed by atoms with E-state index in [1.165, 1.54) is 12.1 Å². The molecule has 4 heteroatoms. The summed E-state index contributed by atoms with van der Waals surface area (Å²) in [5.74, 6) is -0.262. The van der Waals surface area contributed by atoms with Crippen molar-refractivity contribution in [1.82, 2.24) is 0 Å². The van der Waals surface area contributed by atoms with Crippen LogP contribution in [-0.2, 0) is 5.33 Å². The Bertz CT molecular complexity index is 538. The molecule has 0 aromatic heterocycles. The van der Waals surface area contributed by atoms with Gasteiger partial charge in [-0.05, 0) is 41.0 Å². The Morgan fingerprint density at radius 3 is 2.29 bits per heavy atom. The first-order chi connectivity index (χ1) is 8.11. The van der Waals surface area contributed by atoms with E-state index in [1.807, 2.05) is 6.07 Å². The molecular weight excluding hydrogens is 326 g/mol. The lowest BCUT2D eigenvalue weighted by Gasteiger charge is -2.10. The molecule has 0 unspecified atom stereocenters. The summed E-state index contributed by atoms with van der Waals surface area (Å²) in [7, 11) is 0. The zero-order chi connectivity index (χ0) is 12.4. The third kappa shape index (κ3) is 2.82. The quantitative estimate of drug-likeness (QED) is 0.619. The minimum atomic E-state index is -0.262. The van der Waals surface area contributed by atoms with Crippen molar-refractivity contribution < 1.29 is 4.39 Å². The highest BCUT2D eigenvalue weighted by Crippen LogP contribution is 2.34. The molecule has 0 aliphatic carbocycles. The topological polar surface area (TPSA) is 0 Å². The zero-order valence-corrected chi connectivity index (χ0v) is 11.8. The van der Waals surface area contributed by atoms with Crippen LogP contribution in [0.3, 0.4) is 0 Å². The van der Waals surface area contributed by atoms with Gasteiger partial charge in [0.05, 0.1) is 0 Å². The van der Waals surface area contributed by atoms with Gasteiger partial charge >= 0.3 is 0 Å². The second-order valence-corrected chi connectivity index (χ2v) is 4.96. The third-order valence-electron chi connectivity index (χ3n) is 2.45. The SMILES string of the molecule is Fc1ccc(-c2cc(Cl)cc(Cl)c2CBr)cc1. The fourth-order valence-corrected chi connectivity index (χ4v) is 2.95. The van der Waals surface area contributed by atoms with Gasteiger partial charge < -0.3 is 0 Å². The molecule has 2 rings (SSSR count). The monoisotopic (exact) mass is 332 g/mol. The van der Waals surface area contributed by atoms with Crippen molar-refractivity contribution in [3.05, 3.63) is 57.8 Å². The molecule has 0 aliphatic heterocycles. The van der Waals surface area contributed by atoms with E-state index in [0.717, 1.165) is 16.7 Å². The maximum Gasteiger partial charge on any atom is 0.123 e. The van der Waals surface area contributed by atoms with Crippen molar-refractivity contribution in [2.75, 3.05) is 0 Å². The van der Waals surface area contributed by atoms with Crippen LogP contribution in [0.1, 0.15) is 5.56 Å². The number of hydrogen-bond acceptors (Lipinski definition) is 0. The normalized spacial score (nSPS) is 10.6. The summed E-state index contributed by atoms with van der Waals surface area (Å²) in [6, 6.07) is 9.79. The van der Waals surface area contributed by atoms with E-state index in [0.29, 0.717) is 15.4 Å². The van der Waals surface area contributed by atoms with Gasteiger partial charge in [-0.1, -0.05) is 51.3 Å². The van der Waals surface area contributed by atoms with Gasteiger partial charge in [0, 0.05) is 15.4 Å². The van der Waals surface area contributed by atoms with Crippen LogP contribution < -0.4 is 0 Å². The Morgan fingerprint density at radius 2 is 1.71 bits per heavy atom. The Morgan fingerprint density at radius 1 is 1.06 bits per heavy atom. The minimum Gasteiger partial charge on any atom is -0.207 e. The zero-order valence-electron chi connectivity index (χ0n) is 8.68. The smallest absolute Gasteiger partial charge is 0.123 e. The summed E-state index contributed by atoms with van der Waals surface area (Å²) >= 11 is 15.5. The fourth-order valence-electron chi connectivity index (χ4n) is 1.63. The minimum absolute atomic E-state index is 0.262. The molecule has 0 bridgehead atoms. The second-order valence-electron chi connectivity index (χ2n) is 3.55. The molecule has 2 aromatic rings. The van der Waals surface area contributed by atoms with Gasteiger partial charge in [0.15, 0.2) is 0 Å². The highest BCUT2D eigenvalue weighted by Gasteiger charge is 2.10. The number of halogens is 4. The molecule has 0 fully saturated rings. The third-order valence-corrected chi connectivity index (χ3v) is 3.57. The molecule has 0 saturated heterocycles. The van der Waals surface area contributed by atoms with Gasteiger partial charge in [0.25, 0.3) is 0 Å². The molecule has 0 heterocycles. The lowest BCUT2D eigenvalue weighted by Crippen LogP contribution is -1.88. The lowest BCUT2D eigenvalue weighted by molar-refractivity contribution is 0.628. The van der Waals surface area contributed by atoms with Crippen LogP contribution in [0.5, 0.6) is 0 Å². The molecule has 2 aromatic carbocycles.